The summed E-state index contributed by atoms with van der Waals surface area (Å²) in [6.07, 6.45) is 0. The molecule has 0 amide bonds. The minimum absolute atomic E-state index is 0.0130. The van der Waals surface area contributed by atoms with Crippen LogP contribution in [0.1, 0.15) is 37.6 Å². The zero-order chi connectivity index (χ0) is 13.2. The Bertz CT molecular complexity index is 452. The Morgan fingerprint density at radius 2 is 1.88 bits per heavy atom. The number of rotatable bonds is 2. The highest BCUT2D eigenvalue weighted by Gasteiger charge is 2.21. The Balaban J connectivity index is 3.36. The molecule has 17 heavy (non-hydrogen) atoms. The fourth-order valence-electron chi connectivity index (χ4n) is 1.30. The lowest BCUT2D eigenvalue weighted by Crippen LogP contribution is -2.20. The van der Waals surface area contributed by atoms with Gasteiger partial charge >= 0.3 is 0 Å². The molecule has 1 heterocycles. The summed E-state index contributed by atoms with van der Waals surface area (Å²) in [5.74, 6) is 0.0762. The molecule has 3 N–H and O–H groups in total. The third-order valence-corrected chi connectivity index (χ3v) is 3.28. The maximum atomic E-state index is 8.83. The van der Waals surface area contributed by atoms with E-state index in [1.165, 1.54) is 0 Å². The predicted molar refractivity (Wildman–Crippen MR) is 69.6 cm³/mol. The number of oxime groups is 1. The second kappa shape index (κ2) is 4.91. The molecule has 0 aromatic carbocycles. The number of nitrogens with two attached hydrogens (primary N) is 1. The lowest BCUT2D eigenvalue weighted by Gasteiger charge is -2.19. The summed E-state index contributed by atoms with van der Waals surface area (Å²) in [6, 6.07) is 0. The summed E-state index contributed by atoms with van der Waals surface area (Å²) in [4.78, 5) is 0. The van der Waals surface area contributed by atoms with Crippen molar-refractivity contribution in [2.45, 2.75) is 44.4 Å². The average Bonchev–Trinajstić information content (AvgIpc) is 2.21. The quantitative estimate of drug-likeness (QED) is 0.277. The van der Waals surface area contributed by atoms with Crippen molar-refractivity contribution < 1.29 is 5.21 Å². The number of nitrogens with zero attached hydrogens (tertiary/aromatic N) is 3. The van der Waals surface area contributed by atoms with Gasteiger partial charge in [0.25, 0.3) is 0 Å². The van der Waals surface area contributed by atoms with Gasteiger partial charge in [0.1, 0.15) is 5.03 Å². The molecule has 0 atom stereocenters. The lowest BCUT2D eigenvalue weighted by molar-refractivity contribution is 0.318. The Labute approximate surface area is 106 Å². The topological polar surface area (TPSA) is 84.4 Å². The summed E-state index contributed by atoms with van der Waals surface area (Å²) in [7, 11) is 0. The van der Waals surface area contributed by atoms with Gasteiger partial charge in [-0.25, -0.2) is 0 Å². The molecule has 5 nitrogen and oxygen atoms in total. The number of aryl methyl sites for hydroxylation is 1. The zero-order valence-electron chi connectivity index (χ0n) is 10.8. The molecule has 0 aliphatic rings. The van der Waals surface area contributed by atoms with Gasteiger partial charge in [0.15, 0.2) is 5.84 Å². The van der Waals surface area contributed by atoms with Gasteiger partial charge in [-0.05, 0) is 19.4 Å². The van der Waals surface area contributed by atoms with Crippen LogP contribution in [0.2, 0.25) is 0 Å². The van der Waals surface area contributed by atoms with E-state index in [1.807, 2.05) is 13.8 Å². The third-order valence-electron chi connectivity index (χ3n) is 2.19. The van der Waals surface area contributed by atoms with E-state index in [4.69, 9.17) is 10.9 Å². The highest BCUT2D eigenvalue weighted by Crippen LogP contribution is 2.33. The van der Waals surface area contributed by atoms with E-state index in [2.05, 4.69) is 36.1 Å². The van der Waals surface area contributed by atoms with E-state index >= 15 is 0 Å². The van der Waals surface area contributed by atoms with Crippen molar-refractivity contribution in [3.8, 4) is 0 Å². The van der Waals surface area contributed by atoms with E-state index in [9.17, 15) is 0 Å². The highest BCUT2D eigenvalue weighted by molar-refractivity contribution is 8.00. The van der Waals surface area contributed by atoms with Crippen LogP contribution in [0, 0.1) is 13.8 Å². The van der Waals surface area contributed by atoms with Gasteiger partial charge in [0, 0.05) is 4.75 Å². The van der Waals surface area contributed by atoms with E-state index in [0.29, 0.717) is 10.6 Å². The van der Waals surface area contributed by atoms with Crippen molar-refractivity contribution in [2.75, 3.05) is 0 Å². The van der Waals surface area contributed by atoms with Crippen molar-refractivity contribution in [1.82, 2.24) is 10.2 Å². The number of thioether (sulfide) groups is 1. The van der Waals surface area contributed by atoms with Gasteiger partial charge in [0.2, 0.25) is 0 Å². The van der Waals surface area contributed by atoms with E-state index in [0.717, 1.165) is 11.3 Å². The second-order valence-electron chi connectivity index (χ2n) is 4.79. The SMILES string of the molecule is Cc1nnc(SC(C)(C)C)c(/C(N)=N/O)c1C. The minimum Gasteiger partial charge on any atom is -0.409 e. The first kappa shape index (κ1) is 13.8. The highest BCUT2D eigenvalue weighted by atomic mass is 32.2. The molecule has 1 rings (SSSR count). The van der Waals surface area contributed by atoms with Crippen LogP contribution in [0.5, 0.6) is 0 Å². The fraction of sp³-hybridized carbons (Fsp3) is 0.545. The maximum Gasteiger partial charge on any atom is 0.173 e. The van der Waals surface area contributed by atoms with Crippen molar-refractivity contribution >= 4 is 17.6 Å². The zero-order valence-corrected chi connectivity index (χ0v) is 11.6. The first-order chi connectivity index (χ1) is 7.76. The number of amidine groups is 1. The van der Waals surface area contributed by atoms with Crippen LogP contribution < -0.4 is 5.73 Å². The molecule has 0 aliphatic carbocycles. The number of aromatic nitrogens is 2. The molecular weight excluding hydrogens is 236 g/mol. The van der Waals surface area contributed by atoms with E-state index < -0.39 is 0 Å². The summed E-state index contributed by atoms with van der Waals surface area (Å²) in [5, 5.41) is 20.8. The summed E-state index contributed by atoms with van der Waals surface area (Å²) in [6.45, 7) is 9.96. The largest absolute Gasteiger partial charge is 0.409 e. The van der Waals surface area contributed by atoms with Gasteiger partial charge in [-0.2, -0.15) is 5.10 Å². The van der Waals surface area contributed by atoms with Crippen LogP contribution in [-0.4, -0.2) is 26.0 Å². The third kappa shape index (κ3) is 3.33. The molecule has 1 aromatic heterocycles. The van der Waals surface area contributed by atoms with Gasteiger partial charge in [0.05, 0.1) is 11.3 Å². The fourth-order valence-corrected chi connectivity index (χ4v) is 2.32. The van der Waals surface area contributed by atoms with Gasteiger partial charge in [-0.3, -0.25) is 0 Å². The Kier molecular flexibility index (Phi) is 3.98. The Hall–Kier alpha value is -1.30. The second-order valence-corrected chi connectivity index (χ2v) is 6.61. The minimum atomic E-state index is -0.0130. The summed E-state index contributed by atoms with van der Waals surface area (Å²) < 4.78 is -0.0130. The summed E-state index contributed by atoms with van der Waals surface area (Å²) >= 11 is 1.55. The van der Waals surface area contributed by atoms with Crippen molar-refractivity contribution in [3.63, 3.8) is 0 Å². The Morgan fingerprint density at radius 1 is 1.29 bits per heavy atom. The molecule has 0 spiro atoms. The van der Waals surface area contributed by atoms with E-state index in [1.54, 1.807) is 11.8 Å². The van der Waals surface area contributed by atoms with Crippen LogP contribution >= 0.6 is 11.8 Å². The van der Waals surface area contributed by atoms with Crippen molar-refractivity contribution in [2.24, 2.45) is 10.9 Å². The molecule has 94 valence electrons. The number of hydrogen-bond donors (Lipinski definition) is 2. The predicted octanol–water partition coefficient (Wildman–Crippen LogP) is 2.08. The molecule has 0 saturated carbocycles. The molecule has 0 aliphatic heterocycles. The van der Waals surface area contributed by atoms with Crippen molar-refractivity contribution in [3.05, 3.63) is 16.8 Å². The molecule has 0 saturated heterocycles. The first-order valence-electron chi connectivity index (χ1n) is 5.27. The van der Waals surface area contributed by atoms with Crippen molar-refractivity contribution in [1.29, 1.82) is 0 Å². The van der Waals surface area contributed by atoms with Gasteiger partial charge < -0.3 is 10.9 Å². The average molecular weight is 254 g/mol. The molecular formula is C11H18N4OS. The lowest BCUT2D eigenvalue weighted by atomic mass is 10.1. The summed E-state index contributed by atoms with van der Waals surface area (Å²) in [5.41, 5.74) is 8.04. The van der Waals surface area contributed by atoms with Crippen LogP contribution in [0.15, 0.2) is 10.2 Å². The first-order valence-corrected chi connectivity index (χ1v) is 6.08. The normalized spacial score (nSPS) is 12.9. The molecule has 0 fully saturated rings. The van der Waals surface area contributed by atoms with Crippen LogP contribution in [0.4, 0.5) is 0 Å². The monoisotopic (exact) mass is 254 g/mol. The van der Waals surface area contributed by atoms with Crippen LogP contribution in [-0.2, 0) is 0 Å². The molecule has 0 bridgehead atoms. The molecule has 6 heteroatoms. The molecule has 0 unspecified atom stereocenters. The smallest absolute Gasteiger partial charge is 0.173 e. The Morgan fingerprint density at radius 3 is 2.35 bits per heavy atom. The van der Waals surface area contributed by atoms with E-state index in [-0.39, 0.29) is 10.6 Å². The van der Waals surface area contributed by atoms with Crippen LogP contribution in [0.3, 0.4) is 0 Å². The molecule has 1 aromatic rings. The van der Waals surface area contributed by atoms with Gasteiger partial charge in [-0.15, -0.1) is 5.10 Å². The maximum absolute atomic E-state index is 8.83. The van der Waals surface area contributed by atoms with Crippen LogP contribution in [0.25, 0.3) is 0 Å². The standard InChI is InChI=1S/C11H18N4OS/c1-6-7(2)13-14-10(17-11(3,4)5)8(6)9(12)15-16/h16H,1-5H3,(H2,12,15). The number of hydrogen-bond acceptors (Lipinski definition) is 5. The molecule has 0 radical (unpaired) electrons. The van der Waals surface area contributed by atoms with Gasteiger partial charge in [-0.1, -0.05) is 37.7 Å².